The van der Waals surface area contributed by atoms with Crippen molar-refractivity contribution in [1.29, 1.82) is 0 Å². The van der Waals surface area contributed by atoms with E-state index in [4.69, 9.17) is 9.47 Å². The van der Waals surface area contributed by atoms with Crippen molar-refractivity contribution in [2.75, 3.05) is 13.7 Å². The molecule has 0 saturated carbocycles. The third-order valence-corrected chi connectivity index (χ3v) is 4.01. The quantitative estimate of drug-likeness (QED) is 0.430. The van der Waals surface area contributed by atoms with E-state index < -0.39 is 4.92 Å². The van der Waals surface area contributed by atoms with Crippen LogP contribution >= 0.6 is 0 Å². The molecule has 6 nitrogen and oxygen atoms in total. The molecule has 1 aromatic heterocycles. The number of fused-ring (bicyclic) bond motifs is 1. The van der Waals surface area contributed by atoms with Crippen LogP contribution in [-0.4, -0.2) is 23.6 Å². The molecule has 0 radical (unpaired) electrons. The first kappa shape index (κ1) is 18.4. The summed E-state index contributed by atoms with van der Waals surface area (Å²) in [5.74, 6) is 1.36. The van der Waals surface area contributed by atoms with Gasteiger partial charge in [0, 0.05) is 11.5 Å². The molecule has 0 bridgehead atoms. The molecule has 3 aromatic rings. The Balaban J connectivity index is 1.91. The first-order chi connectivity index (χ1) is 13.1. The maximum absolute atomic E-state index is 11.2. The fourth-order valence-corrected chi connectivity index (χ4v) is 2.69. The summed E-state index contributed by atoms with van der Waals surface area (Å²) in [7, 11) is 1.61. The summed E-state index contributed by atoms with van der Waals surface area (Å²) in [6.45, 7) is 2.65. The monoisotopic (exact) mass is 364 g/mol. The number of nitrogens with zero attached hydrogens (tertiary/aromatic N) is 2. The van der Waals surface area contributed by atoms with Gasteiger partial charge in [0.25, 0.3) is 5.69 Å². The smallest absolute Gasteiger partial charge is 0.295 e. The maximum atomic E-state index is 11.2. The zero-order chi connectivity index (χ0) is 19.2. The van der Waals surface area contributed by atoms with Gasteiger partial charge in [-0.3, -0.25) is 10.1 Å². The summed E-state index contributed by atoms with van der Waals surface area (Å²) in [4.78, 5) is 15.2. The van der Waals surface area contributed by atoms with E-state index in [9.17, 15) is 10.1 Å². The van der Waals surface area contributed by atoms with Crippen LogP contribution in [0.5, 0.6) is 11.5 Å². The lowest BCUT2D eigenvalue weighted by Crippen LogP contribution is -1.98. The molecule has 0 aliphatic carbocycles. The van der Waals surface area contributed by atoms with Crippen LogP contribution in [0.1, 0.15) is 24.6 Å². The molecule has 0 amide bonds. The van der Waals surface area contributed by atoms with Crippen molar-refractivity contribution in [2.24, 2.45) is 0 Å². The summed E-state index contributed by atoms with van der Waals surface area (Å²) in [5, 5.41) is 11.9. The average molecular weight is 364 g/mol. The van der Waals surface area contributed by atoms with Gasteiger partial charge in [0.1, 0.15) is 5.52 Å². The molecule has 3 rings (SSSR count). The minimum atomic E-state index is -0.413. The predicted molar refractivity (Wildman–Crippen MR) is 106 cm³/mol. The number of rotatable bonds is 7. The van der Waals surface area contributed by atoms with Gasteiger partial charge in [-0.1, -0.05) is 37.3 Å². The topological polar surface area (TPSA) is 74.5 Å². The summed E-state index contributed by atoms with van der Waals surface area (Å²) >= 11 is 0. The second-order valence-corrected chi connectivity index (χ2v) is 5.93. The average Bonchev–Trinajstić information content (AvgIpc) is 2.69. The first-order valence-electron chi connectivity index (χ1n) is 8.65. The zero-order valence-electron chi connectivity index (χ0n) is 15.2. The molecule has 2 aromatic carbocycles. The van der Waals surface area contributed by atoms with Gasteiger partial charge in [-0.05, 0) is 36.3 Å². The maximum Gasteiger partial charge on any atom is 0.295 e. The van der Waals surface area contributed by atoms with Crippen molar-refractivity contribution in [3.8, 4) is 11.5 Å². The van der Waals surface area contributed by atoms with Crippen LogP contribution in [0.4, 0.5) is 5.69 Å². The van der Waals surface area contributed by atoms with E-state index in [2.05, 4.69) is 4.98 Å². The van der Waals surface area contributed by atoms with Crippen LogP contribution < -0.4 is 9.47 Å². The van der Waals surface area contributed by atoms with Crippen LogP contribution in [0.2, 0.25) is 0 Å². The fraction of sp³-hybridized carbons (Fsp3) is 0.190. The van der Waals surface area contributed by atoms with Crippen molar-refractivity contribution >= 4 is 28.7 Å². The van der Waals surface area contributed by atoms with Crippen molar-refractivity contribution in [3.63, 3.8) is 0 Å². The van der Waals surface area contributed by atoms with Gasteiger partial charge in [0.15, 0.2) is 11.5 Å². The Morgan fingerprint density at radius 2 is 1.96 bits per heavy atom. The van der Waals surface area contributed by atoms with E-state index in [1.165, 1.54) is 6.07 Å². The largest absolute Gasteiger partial charge is 0.493 e. The molecule has 0 aliphatic rings. The number of hydrogen-bond donors (Lipinski definition) is 0. The minimum absolute atomic E-state index is 0.00227. The fourth-order valence-electron chi connectivity index (χ4n) is 2.69. The molecular formula is C21H20N2O4. The number of non-ortho nitro benzene ring substituents is 1. The number of methoxy groups -OCH3 is 1. The van der Waals surface area contributed by atoms with Gasteiger partial charge in [0.2, 0.25) is 0 Å². The number of aromatic nitrogens is 1. The van der Waals surface area contributed by atoms with Crippen molar-refractivity contribution < 1.29 is 14.4 Å². The highest BCUT2D eigenvalue weighted by Crippen LogP contribution is 2.29. The molecule has 6 heteroatoms. The molecule has 0 aliphatic heterocycles. The van der Waals surface area contributed by atoms with E-state index in [0.717, 1.165) is 17.4 Å². The highest BCUT2D eigenvalue weighted by molar-refractivity contribution is 5.88. The second-order valence-electron chi connectivity index (χ2n) is 5.93. The lowest BCUT2D eigenvalue weighted by atomic mass is 10.1. The van der Waals surface area contributed by atoms with E-state index in [1.54, 1.807) is 13.2 Å². The minimum Gasteiger partial charge on any atom is -0.493 e. The normalized spacial score (nSPS) is 11.0. The molecule has 0 spiro atoms. The summed E-state index contributed by atoms with van der Waals surface area (Å²) in [6, 6.07) is 14.3. The lowest BCUT2D eigenvalue weighted by Gasteiger charge is -2.10. The number of para-hydroxylation sites is 1. The standard InChI is InChI=1S/C21H20N2O4/c1-3-13-27-20-14-15(8-12-19(20)26-2)7-10-17-11-9-16-5-4-6-18(23(24)25)21(16)22-17/h4-12,14H,3,13H2,1-2H3/b10-7+. The highest BCUT2D eigenvalue weighted by Gasteiger charge is 2.12. The van der Waals surface area contributed by atoms with Gasteiger partial charge >= 0.3 is 0 Å². The number of nitro groups is 1. The molecule has 27 heavy (non-hydrogen) atoms. The number of hydrogen-bond acceptors (Lipinski definition) is 5. The number of benzene rings is 2. The van der Waals surface area contributed by atoms with Crippen LogP contribution in [0, 0.1) is 10.1 Å². The van der Waals surface area contributed by atoms with Gasteiger partial charge < -0.3 is 9.47 Å². The molecular weight excluding hydrogens is 344 g/mol. The van der Waals surface area contributed by atoms with Gasteiger partial charge in [-0.15, -0.1) is 0 Å². The zero-order valence-corrected chi connectivity index (χ0v) is 15.2. The Bertz CT molecular complexity index is 999. The Hall–Kier alpha value is -3.41. The van der Waals surface area contributed by atoms with Crippen molar-refractivity contribution in [3.05, 3.63) is 69.9 Å². The Morgan fingerprint density at radius 1 is 1.11 bits per heavy atom. The number of nitro benzene ring substituents is 1. The Kier molecular flexibility index (Phi) is 5.66. The summed E-state index contributed by atoms with van der Waals surface area (Å²) in [6.07, 6.45) is 4.62. The first-order valence-corrected chi connectivity index (χ1v) is 8.65. The van der Waals surface area contributed by atoms with Gasteiger partial charge in [-0.2, -0.15) is 0 Å². The molecule has 0 saturated heterocycles. The van der Waals surface area contributed by atoms with Crippen LogP contribution in [-0.2, 0) is 0 Å². The van der Waals surface area contributed by atoms with E-state index >= 15 is 0 Å². The van der Waals surface area contributed by atoms with Gasteiger partial charge in [-0.25, -0.2) is 4.98 Å². The number of pyridine rings is 1. The third-order valence-electron chi connectivity index (χ3n) is 4.01. The van der Waals surface area contributed by atoms with E-state index in [1.807, 2.05) is 55.5 Å². The molecule has 0 fully saturated rings. The summed E-state index contributed by atoms with van der Waals surface area (Å²) < 4.78 is 11.0. The van der Waals surface area contributed by atoms with Gasteiger partial charge in [0.05, 0.1) is 24.3 Å². The SMILES string of the molecule is CCCOc1cc(/C=C/c2ccc3cccc([N+](=O)[O-])c3n2)ccc1OC. The third kappa shape index (κ3) is 4.23. The Labute approximate surface area is 157 Å². The lowest BCUT2D eigenvalue weighted by molar-refractivity contribution is -0.383. The summed E-state index contributed by atoms with van der Waals surface area (Å²) in [5.41, 5.74) is 1.95. The second kappa shape index (κ2) is 8.31. The van der Waals surface area contributed by atoms with Crippen LogP contribution in [0.25, 0.3) is 23.1 Å². The number of ether oxygens (including phenoxy) is 2. The highest BCUT2D eigenvalue weighted by atomic mass is 16.6. The molecule has 0 atom stereocenters. The van der Waals surface area contributed by atoms with Crippen LogP contribution in [0.15, 0.2) is 48.5 Å². The van der Waals surface area contributed by atoms with E-state index in [0.29, 0.717) is 29.3 Å². The Morgan fingerprint density at radius 3 is 2.70 bits per heavy atom. The predicted octanol–water partition coefficient (Wildman–Crippen LogP) is 5.11. The van der Waals surface area contributed by atoms with Crippen LogP contribution in [0.3, 0.4) is 0 Å². The molecule has 138 valence electrons. The molecule has 0 N–H and O–H groups in total. The molecule has 0 unspecified atom stereocenters. The van der Waals surface area contributed by atoms with E-state index in [-0.39, 0.29) is 5.69 Å². The van der Waals surface area contributed by atoms with Crippen molar-refractivity contribution in [1.82, 2.24) is 4.98 Å². The van der Waals surface area contributed by atoms with Crippen molar-refractivity contribution in [2.45, 2.75) is 13.3 Å². The molecule has 1 heterocycles.